The lowest BCUT2D eigenvalue weighted by atomic mass is 9.97. The maximum atomic E-state index is 12.7. The van der Waals surface area contributed by atoms with Crippen LogP contribution in [-0.2, 0) is 16.6 Å². The molecule has 3 rings (SSSR count). The Bertz CT molecular complexity index is 874. The molecule has 146 valence electrons. The van der Waals surface area contributed by atoms with Crippen molar-refractivity contribution in [2.45, 2.75) is 45.1 Å². The van der Waals surface area contributed by atoms with Crippen LogP contribution < -0.4 is 4.72 Å². The highest BCUT2D eigenvalue weighted by Crippen LogP contribution is 2.22. The SMILES string of the molecule is Cc1cc(C)c(S(=O)(=O)NCC2CCN(Cc3ccccn3)CC2)cc1C. The van der Waals surface area contributed by atoms with Gasteiger partial charge in [0.05, 0.1) is 10.6 Å². The van der Waals surface area contributed by atoms with E-state index < -0.39 is 10.0 Å². The molecule has 1 aliphatic heterocycles. The van der Waals surface area contributed by atoms with Crippen molar-refractivity contribution in [3.8, 4) is 0 Å². The number of aryl methyl sites for hydroxylation is 3. The van der Waals surface area contributed by atoms with Crippen molar-refractivity contribution in [3.05, 3.63) is 58.9 Å². The van der Waals surface area contributed by atoms with E-state index in [1.54, 1.807) is 6.07 Å². The molecule has 6 heteroatoms. The van der Waals surface area contributed by atoms with E-state index in [0.29, 0.717) is 17.4 Å². The van der Waals surface area contributed by atoms with Crippen molar-refractivity contribution < 1.29 is 8.42 Å². The van der Waals surface area contributed by atoms with E-state index in [1.807, 2.05) is 51.2 Å². The van der Waals surface area contributed by atoms with Crippen LogP contribution in [0.3, 0.4) is 0 Å². The number of piperidine rings is 1. The number of benzene rings is 1. The molecule has 1 saturated heterocycles. The molecule has 1 N–H and O–H groups in total. The van der Waals surface area contributed by atoms with E-state index in [9.17, 15) is 8.42 Å². The average Bonchev–Trinajstić information content (AvgIpc) is 2.65. The van der Waals surface area contributed by atoms with Gasteiger partial charge in [-0.3, -0.25) is 9.88 Å². The molecule has 0 unspecified atom stereocenters. The summed E-state index contributed by atoms with van der Waals surface area (Å²) in [7, 11) is -3.47. The lowest BCUT2D eigenvalue weighted by Gasteiger charge is -2.31. The second kappa shape index (κ2) is 8.50. The van der Waals surface area contributed by atoms with Gasteiger partial charge in [-0.25, -0.2) is 13.1 Å². The molecular weight excluding hydrogens is 358 g/mol. The van der Waals surface area contributed by atoms with Gasteiger partial charge in [0, 0.05) is 19.3 Å². The molecule has 2 heterocycles. The zero-order valence-corrected chi connectivity index (χ0v) is 17.2. The minimum absolute atomic E-state index is 0.381. The summed E-state index contributed by atoms with van der Waals surface area (Å²) in [6.45, 7) is 9.14. The first-order chi connectivity index (χ1) is 12.8. The second-order valence-electron chi connectivity index (χ2n) is 7.59. The van der Waals surface area contributed by atoms with Gasteiger partial charge in [0.2, 0.25) is 10.0 Å². The Morgan fingerprint density at radius 2 is 1.78 bits per heavy atom. The van der Waals surface area contributed by atoms with E-state index in [1.165, 1.54) is 0 Å². The minimum atomic E-state index is -3.47. The summed E-state index contributed by atoms with van der Waals surface area (Å²) in [6.07, 6.45) is 3.83. The Balaban J connectivity index is 1.53. The van der Waals surface area contributed by atoms with Gasteiger partial charge in [0.15, 0.2) is 0 Å². The van der Waals surface area contributed by atoms with E-state index in [-0.39, 0.29) is 0 Å². The number of sulfonamides is 1. The zero-order valence-electron chi connectivity index (χ0n) is 16.4. The van der Waals surface area contributed by atoms with Crippen molar-refractivity contribution >= 4 is 10.0 Å². The van der Waals surface area contributed by atoms with Gasteiger partial charge >= 0.3 is 0 Å². The highest BCUT2D eigenvalue weighted by molar-refractivity contribution is 7.89. The number of hydrogen-bond acceptors (Lipinski definition) is 4. The first-order valence-corrected chi connectivity index (χ1v) is 11.0. The molecule has 1 aromatic heterocycles. The smallest absolute Gasteiger partial charge is 0.240 e. The minimum Gasteiger partial charge on any atom is -0.297 e. The molecular formula is C21H29N3O2S. The third-order valence-electron chi connectivity index (χ3n) is 5.46. The van der Waals surface area contributed by atoms with E-state index >= 15 is 0 Å². The Hall–Kier alpha value is -1.76. The van der Waals surface area contributed by atoms with Crippen LogP contribution in [-0.4, -0.2) is 37.9 Å². The predicted molar refractivity (Wildman–Crippen MR) is 108 cm³/mol. The van der Waals surface area contributed by atoms with Gasteiger partial charge in [-0.1, -0.05) is 12.1 Å². The van der Waals surface area contributed by atoms with Crippen LogP contribution in [0.25, 0.3) is 0 Å². The largest absolute Gasteiger partial charge is 0.297 e. The molecule has 0 spiro atoms. The normalized spacial score (nSPS) is 16.6. The summed E-state index contributed by atoms with van der Waals surface area (Å²) >= 11 is 0. The van der Waals surface area contributed by atoms with Gasteiger partial charge < -0.3 is 0 Å². The number of likely N-dealkylation sites (tertiary alicyclic amines) is 1. The number of nitrogens with zero attached hydrogens (tertiary/aromatic N) is 2. The van der Waals surface area contributed by atoms with Crippen LogP contribution in [0, 0.1) is 26.7 Å². The monoisotopic (exact) mass is 387 g/mol. The van der Waals surface area contributed by atoms with Crippen molar-refractivity contribution in [2.24, 2.45) is 5.92 Å². The van der Waals surface area contributed by atoms with Crippen molar-refractivity contribution in [3.63, 3.8) is 0 Å². The maximum absolute atomic E-state index is 12.7. The van der Waals surface area contributed by atoms with Gasteiger partial charge in [-0.05, 0) is 87.5 Å². The first kappa shape index (κ1) is 20.0. The van der Waals surface area contributed by atoms with Gasteiger partial charge in [-0.2, -0.15) is 0 Å². The number of hydrogen-bond donors (Lipinski definition) is 1. The molecule has 0 amide bonds. The van der Waals surface area contributed by atoms with Crippen LogP contribution in [0.15, 0.2) is 41.4 Å². The highest BCUT2D eigenvalue weighted by atomic mass is 32.2. The van der Waals surface area contributed by atoms with Gasteiger partial charge in [-0.15, -0.1) is 0 Å². The third-order valence-corrected chi connectivity index (χ3v) is 7.03. The Kier molecular flexibility index (Phi) is 6.29. The molecule has 0 radical (unpaired) electrons. The summed E-state index contributed by atoms with van der Waals surface area (Å²) in [5, 5.41) is 0. The Morgan fingerprint density at radius 3 is 2.44 bits per heavy atom. The molecule has 0 atom stereocenters. The fourth-order valence-electron chi connectivity index (χ4n) is 3.60. The van der Waals surface area contributed by atoms with E-state index in [2.05, 4.69) is 14.6 Å². The fourth-order valence-corrected chi connectivity index (χ4v) is 5.02. The topological polar surface area (TPSA) is 62.3 Å². The summed E-state index contributed by atoms with van der Waals surface area (Å²) < 4.78 is 28.3. The fraction of sp³-hybridized carbons (Fsp3) is 0.476. The van der Waals surface area contributed by atoms with Crippen LogP contribution in [0.1, 0.15) is 35.2 Å². The van der Waals surface area contributed by atoms with Crippen molar-refractivity contribution in [2.75, 3.05) is 19.6 Å². The molecule has 0 bridgehead atoms. The molecule has 0 aliphatic carbocycles. The van der Waals surface area contributed by atoms with Gasteiger partial charge in [0.25, 0.3) is 0 Å². The average molecular weight is 388 g/mol. The van der Waals surface area contributed by atoms with Crippen LogP contribution >= 0.6 is 0 Å². The van der Waals surface area contributed by atoms with Crippen LogP contribution in [0.5, 0.6) is 0 Å². The highest BCUT2D eigenvalue weighted by Gasteiger charge is 2.23. The second-order valence-corrected chi connectivity index (χ2v) is 9.33. The third kappa shape index (κ3) is 5.15. The molecule has 1 fully saturated rings. The Morgan fingerprint density at radius 1 is 1.07 bits per heavy atom. The summed E-state index contributed by atoms with van der Waals surface area (Å²) in [5.41, 5.74) is 4.01. The Labute approximate surface area is 162 Å². The zero-order chi connectivity index (χ0) is 19.4. The molecule has 5 nitrogen and oxygen atoms in total. The molecule has 1 aliphatic rings. The molecule has 1 aromatic carbocycles. The first-order valence-electron chi connectivity index (χ1n) is 9.55. The van der Waals surface area contributed by atoms with Crippen LogP contribution in [0.4, 0.5) is 0 Å². The van der Waals surface area contributed by atoms with Crippen molar-refractivity contribution in [1.29, 1.82) is 0 Å². The maximum Gasteiger partial charge on any atom is 0.240 e. The molecule has 2 aromatic rings. The summed E-state index contributed by atoms with van der Waals surface area (Å²) in [4.78, 5) is 7.17. The lowest BCUT2D eigenvalue weighted by Crippen LogP contribution is -2.38. The summed E-state index contributed by atoms with van der Waals surface area (Å²) in [5.74, 6) is 0.381. The predicted octanol–water partition coefficient (Wildman–Crippen LogP) is 3.20. The number of rotatable bonds is 6. The number of aromatic nitrogens is 1. The van der Waals surface area contributed by atoms with Crippen molar-refractivity contribution in [1.82, 2.24) is 14.6 Å². The lowest BCUT2D eigenvalue weighted by molar-refractivity contribution is 0.177. The number of pyridine rings is 1. The molecule has 0 saturated carbocycles. The van der Waals surface area contributed by atoms with E-state index in [4.69, 9.17) is 0 Å². The standard InChI is InChI=1S/C21H29N3O2S/c1-16-12-18(3)21(13-17(16)2)27(25,26)23-14-19-7-10-24(11-8-19)15-20-6-4-5-9-22-20/h4-6,9,12-13,19,23H,7-8,10-11,14-15H2,1-3H3. The van der Waals surface area contributed by atoms with E-state index in [0.717, 1.165) is 54.9 Å². The quantitative estimate of drug-likeness (QED) is 0.827. The van der Waals surface area contributed by atoms with Gasteiger partial charge in [0.1, 0.15) is 0 Å². The van der Waals surface area contributed by atoms with Crippen LogP contribution in [0.2, 0.25) is 0 Å². The molecule has 27 heavy (non-hydrogen) atoms. The summed E-state index contributed by atoms with van der Waals surface area (Å²) in [6, 6.07) is 9.71. The number of nitrogens with one attached hydrogen (secondary N) is 1.